The summed E-state index contributed by atoms with van der Waals surface area (Å²) >= 11 is 12.0. The number of halogens is 2. The molecule has 0 unspecified atom stereocenters. The summed E-state index contributed by atoms with van der Waals surface area (Å²) in [6, 6.07) is 4.62. The molecule has 0 aromatic heterocycles. The van der Waals surface area contributed by atoms with E-state index in [0.717, 1.165) is 5.56 Å². The second kappa shape index (κ2) is 8.36. The van der Waals surface area contributed by atoms with E-state index in [1.807, 2.05) is 13.8 Å². The minimum Gasteiger partial charge on any atom is -0.346 e. The van der Waals surface area contributed by atoms with Crippen molar-refractivity contribution in [2.45, 2.75) is 26.4 Å². The molecule has 5 nitrogen and oxygen atoms in total. The van der Waals surface area contributed by atoms with Crippen molar-refractivity contribution >= 4 is 35.0 Å². The van der Waals surface area contributed by atoms with Gasteiger partial charge in [-0.15, -0.1) is 0 Å². The molecule has 22 heavy (non-hydrogen) atoms. The van der Waals surface area contributed by atoms with E-state index in [-0.39, 0.29) is 24.3 Å². The summed E-state index contributed by atoms with van der Waals surface area (Å²) < 4.78 is 0. The van der Waals surface area contributed by atoms with E-state index >= 15 is 0 Å². The summed E-state index contributed by atoms with van der Waals surface area (Å²) in [5.74, 6) is -0.559. The molecule has 1 rings (SSSR count). The molecular formula is C15H21Cl2N3O2. The van der Waals surface area contributed by atoms with Gasteiger partial charge in [-0.05, 0) is 17.5 Å². The molecule has 0 heterocycles. The Morgan fingerprint density at radius 1 is 1.32 bits per heavy atom. The maximum Gasteiger partial charge on any atom is 0.242 e. The lowest BCUT2D eigenvalue weighted by molar-refractivity contribution is -0.132. The SMILES string of the molecule is CC(C)[C@H](N)C(=O)NCC(=O)N(C)Cc1cccc(Cl)c1Cl. The molecule has 0 radical (unpaired) electrons. The standard InChI is InChI=1S/C15H21Cl2N3O2/c1-9(2)14(18)15(22)19-7-12(21)20(3)8-10-5-4-6-11(16)13(10)17/h4-6,9,14H,7-8,18H2,1-3H3,(H,19,22)/t14-/m0/s1. The highest BCUT2D eigenvalue weighted by Gasteiger charge is 2.19. The third kappa shape index (κ3) is 5.16. The summed E-state index contributed by atoms with van der Waals surface area (Å²) in [7, 11) is 1.63. The van der Waals surface area contributed by atoms with Crippen LogP contribution in [0.4, 0.5) is 0 Å². The van der Waals surface area contributed by atoms with Gasteiger partial charge in [-0.25, -0.2) is 0 Å². The zero-order valence-corrected chi connectivity index (χ0v) is 14.4. The maximum atomic E-state index is 12.0. The zero-order chi connectivity index (χ0) is 16.9. The second-order valence-electron chi connectivity index (χ2n) is 5.45. The van der Waals surface area contributed by atoms with Crippen LogP contribution in [0.15, 0.2) is 18.2 Å². The summed E-state index contributed by atoms with van der Waals surface area (Å²) in [5.41, 5.74) is 6.46. The zero-order valence-electron chi connectivity index (χ0n) is 12.9. The number of nitrogens with one attached hydrogen (secondary N) is 1. The van der Waals surface area contributed by atoms with E-state index in [1.165, 1.54) is 4.90 Å². The van der Waals surface area contributed by atoms with Crippen molar-refractivity contribution in [2.24, 2.45) is 11.7 Å². The van der Waals surface area contributed by atoms with Gasteiger partial charge in [0.05, 0.1) is 22.6 Å². The fraction of sp³-hybridized carbons (Fsp3) is 0.467. The van der Waals surface area contributed by atoms with Crippen molar-refractivity contribution in [3.8, 4) is 0 Å². The van der Waals surface area contributed by atoms with Gasteiger partial charge in [0.15, 0.2) is 0 Å². The van der Waals surface area contributed by atoms with Crippen LogP contribution in [0.25, 0.3) is 0 Å². The molecule has 0 fully saturated rings. The van der Waals surface area contributed by atoms with Crippen LogP contribution in [0.1, 0.15) is 19.4 Å². The largest absolute Gasteiger partial charge is 0.346 e. The van der Waals surface area contributed by atoms with Crippen LogP contribution in [-0.2, 0) is 16.1 Å². The number of benzene rings is 1. The fourth-order valence-electron chi connectivity index (χ4n) is 1.73. The van der Waals surface area contributed by atoms with E-state index in [9.17, 15) is 9.59 Å². The molecule has 0 aliphatic carbocycles. The predicted octanol–water partition coefficient (Wildman–Crippen LogP) is 2.05. The number of carbonyl (C=O) groups excluding carboxylic acids is 2. The van der Waals surface area contributed by atoms with E-state index in [2.05, 4.69) is 5.32 Å². The number of hydrogen-bond acceptors (Lipinski definition) is 3. The van der Waals surface area contributed by atoms with Crippen LogP contribution in [-0.4, -0.2) is 36.3 Å². The molecule has 122 valence electrons. The lowest BCUT2D eigenvalue weighted by atomic mass is 10.1. The molecule has 1 atom stereocenters. The lowest BCUT2D eigenvalue weighted by Gasteiger charge is -2.20. The Morgan fingerprint density at radius 3 is 2.55 bits per heavy atom. The molecule has 1 aromatic rings. The molecule has 0 aliphatic rings. The first-order chi connectivity index (χ1) is 10.2. The molecule has 0 bridgehead atoms. The quantitative estimate of drug-likeness (QED) is 0.828. The molecular weight excluding hydrogens is 325 g/mol. The number of amides is 2. The first-order valence-corrected chi connectivity index (χ1v) is 7.69. The predicted molar refractivity (Wildman–Crippen MR) is 88.8 cm³/mol. The molecule has 0 saturated heterocycles. The van der Waals surface area contributed by atoms with Crippen molar-refractivity contribution in [1.82, 2.24) is 10.2 Å². The molecule has 2 amide bonds. The van der Waals surface area contributed by atoms with Gasteiger partial charge < -0.3 is 16.0 Å². The Labute approximate surface area is 140 Å². The fourth-order valence-corrected chi connectivity index (χ4v) is 2.11. The van der Waals surface area contributed by atoms with Crippen LogP contribution in [0.2, 0.25) is 10.0 Å². The third-order valence-corrected chi connectivity index (χ3v) is 4.16. The Balaban J connectivity index is 2.56. The minimum absolute atomic E-state index is 0.0121. The van der Waals surface area contributed by atoms with Gasteiger partial charge in [-0.1, -0.05) is 49.2 Å². The minimum atomic E-state index is -0.625. The molecule has 1 aromatic carbocycles. The van der Waals surface area contributed by atoms with Gasteiger partial charge in [-0.2, -0.15) is 0 Å². The number of rotatable bonds is 6. The van der Waals surface area contributed by atoms with Crippen LogP contribution < -0.4 is 11.1 Å². The van der Waals surface area contributed by atoms with Gasteiger partial charge >= 0.3 is 0 Å². The van der Waals surface area contributed by atoms with E-state index in [1.54, 1.807) is 25.2 Å². The summed E-state index contributed by atoms with van der Waals surface area (Å²) in [6.07, 6.45) is 0. The van der Waals surface area contributed by atoms with Crippen LogP contribution in [0.5, 0.6) is 0 Å². The highest BCUT2D eigenvalue weighted by atomic mass is 35.5. The summed E-state index contributed by atoms with van der Waals surface area (Å²) in [5, 5.41) is 3.41. The lowest BCUT2D eigenvalue weighted by Crippen LogP contribution is -2.47. The monoisotopic (exact) mass is 345 g/mol. The van der Waals surface area contributed by atoms with Gasteiger partial charge in [0.1, 0.15) is 0 Å². The van der Waals surface area contributed by atoms with E-state index in [4.69, 9.17) is 28.9 Å². The van der Waals surface area contributed by atoms with Crippen molar-refractivity contribution in [1.29, 1.82) is 0 Å². The average Bonchev–Trinajstić information content (AvgIpc) is 2.47. The Kier molecular flexibility index (Phi) is 7.13. The van der Waals surface area contributed by atoms with Gasteiger partial charge in [0, 0.05) is 13.6 Å². The summed E-state index contributed by atoms with van der Waals surface area (Å²) in [4.78, 5) is 25.2. The van der Waals surface area contributed by atoms with E-state index in [0.29, 0.717) is 16.6 Å². The number of carbonyl (C=O) groups is 2. The first-order valence-electron chi connectivity index (χ1n) is 6.94. The number of nitrogens with two attached hydrogens (primary N) is 1. The van der Waals surface area contributed by atoms with E-state index < -0.39 is 6.04 Å². The maximum absolute atomic E-state index is 12.0. The molecule has 0 aliphatic heterocycles. The molecule has 0 spiro atoms. The molecule has 3 N–H and O–H groups in total. The van der Waals surface area contributed by atoms with Gasteiger partial charge in [-0.3, -0.25) is 9.59 Å². The van der Waals surface area contributed by atoms with Crippen LogP contribution >= 0.6 is 23.2 Å². The topological polar surface area (TPSA) is 75.4 Å². The Hall–Kier alpha value is -1.30. The molecule has 0 saturated carbocycles. The van der Waals surface area contributed by atoms with Gasteiger partial charge in [0.25, 0.3) is 0 Å². The van der Waals surface area contributed by atoms with Crippen molar-refractivity contribution in [3.05, 3.63) is 33.8 Å². The van der Waals surface area contributed by atoms with Gasteiger partial charge in [0.2, 0.25) is 11.8 Å². The van der Waals surface area contributed by atoms with Crippen LogP contribution in [0.3, 0.4) is 0 Å². The van der Waals surface area contributed by atoms with Crippen molar-refractivity contribution in [2.75, 3.05) is 13.6 Å². The Bertz CT molecular complexity index is 550. The number of likely N-dealkylation sites (N-methyl/N-ethyl adjacent to an activating group) is 1. The highest BCUT2D eigenvalue weighted by molar-refractivity contribution is 6.42. The van der Waals surface area contributed by atoms with Crippen molar-refractivity contribution in [3.63, 3.8) is 0 Å². The number of nitrogens with zero attached hydrogens (tertiary/aromatic N) is 1. The first kappa shape index (κ1) is 18.7. The third-order valence-electron chi connectivity index (χ3n) is 3.30. The highest BCUT2D eigenvalue weighted by Crippen LogP contribution is 2.26. The van der Waals surface area contributed by atoms with Crippen molar-refractivity contribution < 1.29 is 9.59 Å². The number of hydrogen-bond donors (Lipinski definition) is 2. The normalized spacial score (nSPS) is 12.1. The van der Waals surface area contributed by atoms with Crippen LogP contribution in [0, 0.1) is 5.92 Å². The second-order valence-corrected chi connectivity index (χ2v) is 6.24. The Morgan fingerprint density at radius 2 is 1.95 bits per heavy atom. The smallest absolute Gasteiger partial charge is 0.242 e. The molecule has 7 heteroatoms. The summed E-state index contributed by atoms with van der Waals surface area (Å²) in [6.45, 7) is 3.90. The average molecular weight is 346 g/mol.